The van der Waals surface area contributed by atoms with Crippen molar-refractivity contribution in [1.82, 2.24) is 10.3 Å². The van der Waals surface area contributed by atoms with Crippen LogP contribution >= 0.6 is 49.9 Å². The molecule has 1 amide bonds. The number of hydrogen-bond acceptors (Lipinski definition) is 3. The summed E-state index contributed by atoms with van der Waals surface area (Å²) in [7, 11) is 0. The Morgan fingerprint density at radius 1 is 1.53 bits per heavy atom. The molecule has 0 fully saturated rings. The molecule has 0 aliphatic rings. The van der Waals surface area contributed by atoms with Crippen LogP contribution in [-0.4, -0.2) is 10.9 Å². The first-order chi connectivity index (χ1) is 8.97. The van der Waals surface area contributed by atoms with Gasteiger partial charge in [0, 0.05) is 19.1 Å². The number of hydrogen-bond donors (Lipinski definition) is 1. The molecular formula is C13H12BrIN2OS. The maximum atomic E-state index is 12.2. The lowest BCUT2D eigenvalue weighted by Gasteiger charge is -2.12. The van der Waals surface area contributed by atoms with E-state index in [1.165, 1.54) is 0 Å². The third-order valence-corrected chi connectivity index (χ3v) is 4.99. The van der Waals surface area contributed by atoms with Gasteiger partial charge in [0.05, 0.1) is 11.6 Å². The monoisotopic (exact) mass is 450 g/mol. The number of carbonyl (C=O) groups excluding carboxylic acids is 1. The average Bonchev–Trinajstić information content (AvgIpc) is 2.79. The molecule has 2 aromatic rings. The molecule has 0 aliphatic carbocycles. The van der Waals surface area contributed by atoms with Crippen molar-refractivity contribution in [3.05, 3.63) is 47.9 Å². The van der Waals surface area contributed by atoms with E-state index in [-0.39, 0.29) is 11.9 Å². The van der Waals surface area contributed by atoms with Gasteiger partial charge in [-0.25, -0.2) is 4.98 Å². The van der Waals surface area contributed by atoms with Gasteiger partial charge >= 0.3 is 0 Å². The van der Waals surface area contributed by atoms with Crippen molar-refractivity contribution >= 4 is 55.8 Å². The number of halogens is 2. The quantitative estimate of drug-likeness (QED) is 0.708. The fourth-order valence-electron chi connectivity index (χ4n) is 1.58. The molecule has 2 rings (SSSR count). The maximum Gasteiger partial charge on any atom is 0.253 e. The van der Waals surface area contributed by atoms with Crippen LogP contribution in [0, 0.1) is 10.5 Å². The summed E-state index contributed by atoms with van der Waals surface area (Å²) in [4.78, 5) is 17.7. The molecule has 0 aliphatic heterocycles. The number of carbonyl (C=O) groups is 1. The Morgan fingerprint density at radius 3 is 2.89 bits per heavy atom. The van der Waals surface area contributed by atoms with Gasteiger partial charge in [0.25, 0.3) is 5.91 Å². The van der Waals surface area contributed by atoms with Crippen LogP contribution in [-0.2, 0) is 0 Å². The number of nitrogens with one attached hydrogen (secondary N) is 1. The van der Waals surface area contributed by atoms with Crippen molar-refractivity contribution in [2.45, 2.75) is 19.9 Å². The number of thiazole rings is 1. The fourth-order valence-corrected chi connectivity index (χ4v) is 3.27. The van der Waals surface area contributed by atoms with Gasteiger partial charge in [-0.05, 0) is 70.6 Å². The zero-order chi connectivity index (χ0) is 14.0. The van der Waals surface area contributed by atoms with Crippen LogP contribution in [0.4, 0.5) is 0 Å². The first kappa shape index (κ1) is 14.9. The highest BCUT2D eigenvalue weighted by molar-refractivity contribution is 14.1. The molecule has 1 N–H and O–H groups in total. The number of benzene rings is 1. The molecule has 0 bridgehead atoms. The standard InChI is InChI=1S/C13H12BrIN2OS/c1-7-6-16-13(19-7)8(2)17-12(18)10-5-9(15)3-4-11(10)14/h3-6,8H,1-2H3,(H,17,18). The highest BCUT2D eigenvalue weighted by Gasteiger charge is 2.16. The molecule has 3 nitrogen and oxygen atoms in total. The predicted octanol–water partition coefficient (Wildman–Crippen LogP) is 4.31. The largest absolute Gasteiger partial charge is 0.343 e. The first-order valence-electron chi connectivity index (χ1n) is 5.65. The zero-order valence-electron chi connectivity index (χ0n) is 10.4. The third kappa shape index (κ3) is 3.76. The minimum Gasteiger partial charge on any atom is -0.343 e. The molecule has 0 saturated heterocycles. The van der Waals surface area contributed by atoms with E-state index in [2.05, 4.69) is 48.8 Å². The van der Waals surface area contributed by atoms with Crippen molar-refractivity contribution in [1.29, 1.82) is 0 Å². The average molecular weight is 451 g/mol. The summed E-state index contributed by atoms with van der Waals surface area (Å²) in [5, 5.41) is 3.89. The molecule has 1 aromatic heterocycles. The molecular weight excluding hydrogens is 439 g/mol. The van der Waals surface area contributed by atoms with Gasteiger partial charge in [-0.15, -0.1) is 11.3 Å². The molecule has 1 atom stereocenters. The van der Waals surface area contributed by atoms with Crippen LogP contribution < -0.4 is 5.32 Å². The lowest BCUT2D eigenvalue weighted by molar-refractivity contribution is 0.0939. The lowest BCUT2D eigenvalue weighted by atomic mass is 10.2. The second-order valence-corrected chi connectivity index (χ2v) is 7.49. The van der Waals surface area contributed by atoms with Crippen molar-refractivity contribution in [3.63, 3.8) is 0 Å². The Bertz CT molecular complexity index is 614. The Kier molecular flexibility index (Phi) is 4.97. The van der Waals surface area contributed by atoms with Gasteiger partial charge in [0.15, 0.2) is 0 Å². The van der Waals surface area contributed by atoms with Crippen LogP contribution in [0.5, 0.6) is 0 Å². The topological polar surface area (TPSA) is 42.0 Å². The van der Waals surface area contributed by atoms with Crippen LogP contribution in [0.3, 0.4) is 0 Å². The number of aryl methyl sites for hydroxylation is 1. The van der Waals surface area contributed by atoms with Gasteiger partial charge in [-0.2, -0.15) is 0 Å². The molecule has 1 heterocycles. The van der Waals surface area contributed by atoms with E-state index >= 15 is 0 Å². The van der Waals surface area contributed by atoms with Gasteiger partial charge in [-0.3, -0.25) is 4.79 Å². The van der Waals surface area contributed by atoms with E-state index in [0.717, 1.165) is 17.9 Å². The van der Waals surface area contributed by atoms with Crippen LogP contribution in [0.15, 0.2) is 28.9 Å². The maximum absolute atomic E-state index is 12.2. The molecule has 0 saturated carbocycles. The second kappa shape index (κ2) is 6.32. The van der Waals surface area contributed by atoms with E-state index in [4.69, 9.17) is 0 Å². The van der Waals surface area contributed by atoms with Gasteiger partial charge in [0.2, 0.25) is 0 Å². The van der Waals surface area contributed by atoms with Crippen LogP contribution in [0.25, 0.3) is 0 Å². The highest BCUT2D eigenvalue weighted by Crippen LogP contribution is 2.22. The van der Waals surface area contributed by atoms with Crippen LogP contribution in [0.2, 0.25) is 0 Å². The summed E-state index contributed by atoms with van der Waals surface area (Å²) in [5.41, 5.74) is 0.645. The van der Waals surface area contributed by atoms with Gasteiger partial charge < -0.3 is 5.32 Å². The Hall–Kier alpha value is -0.470. The fraction of sp³-hybridized carbons (Fsp3) is 0.231. The van der Waals surface area contributed by atoms with E-state index in [1.54, 1.807) is 11.3 Å². The SMILES string of the molecule is Cc1cnc(C(C)NC(=O)c2cc(I)ccc2Br)s1. The normalized spacial score (nSPS) is 12.2. The minimum atomic E-state index is -0.0919. The molecule has 100 valence electrons. The van der Waals surface area contributed by atoms with E-state index in [1.807, 2.05) is 38.2 Å². The van der Waals surface area contributed by atoms with Crippen molar-refractivity contribution < 1.29 is 4.79 Å². The third-order valence-electron chi connectivity index (χ3n) is 2.53. The summed E-state index contributed by atoms with van der Waals surface area (Å²) in [6.45, 7) is 3.95. The molecule has 19 heavy (non-hydrogen) atoms. The summed E-state index contributed by atoms with van der Waals surface area (Å²) < 4.78 is 1.83. The number of rotatable bonds is 3. The second-order valence-electron chi connectivity index (χ2n) is 4.13. The molecule has 1 unspecified atom stereocenters. The summed E-state index contributed by atoms with van der Waals surface area (Å²) in [5.74, 6) is -0.0919. The Labute approximate surface area is 138 Å². The molecule has 1 aromatic carbocycles. The smallest absolute Gasteiger partial charge is 0.253 e. The number of aromatic nitrogens is 1. The summed E-state index contributed by atoms with van der Waals surface area (Å²) in [6, 6.07) is 5.61. The predicted molar refractivity (Wildman–Crippen MR) is 89.6 cm³/mol. The highest BCUT2D eigenvalue weighted by atomic mass is 127. The van der Waals surface area contributed by atoms with Crippen molar-refractivity contribution in [2.24, 2.45) is 0 Å². The molecule has 6 heteroatoms. The van der Waals surface area contributed by atoms with E-state index in [9.17, 15) is 4.79 Å². The van der Waals surface area contributed by atoms with Crippen molar-refractivity contribution in [3.8, 4) is 0 Å². The molecule has 0 spiro atoms. The number of amides is 1. The Morgan fingerprint density at radius 2 is 2.26 bits per heavy atom. The van der Waals surface area contributed by atoms with Crippen molar-refractivity contribution in [2.75, 3.05) is 0 Å². The van der Waals surface area contributed by atoms with Crippen LogP contribution in [0.1, 0.15) is 33.2 Å². The van der Waals surface area contributed by atoms with E-state index in [0.29, 0.717) is 5.56 Å². The Balaban J connectivity index is 2.15. The number of nitrogens with zero attached hydrogens (tertiary/aromatic N) is 1. The lowest BCUT2D eigenvalue weighted by Crippen LogP contribution is -2.26. The van der Waals surface area contributed by atoms with Gasteiger partial charge in [0.1, 0.15) is 5.01 Å². The van der Waals surface area contributed by atoms with Gasteiger partial charge in [-0.1, -0.05) is 0 Å². The molecule has 0 radical (unpaired) electrons. The summed E-state index contributed by atoms with van der Waals surface area (Å²) in [6.07, 6.45) is 1.82. The minimum absolute atomic E-state index is 0.0871. The van der Waals surface area contributed by atoms with E-state index < -0.39 is 0 Å². The summed E-state index contributed by atoms with van der Waals surface area (Å²) >= 11 is 7.20. The zero-order valence-corrected chi connectivity index (χ0v) is 15.0. The first-order valence-corrected chi connectivity index (χ1v) is 8.34.